The molecule has 4 aliphatic carbocycles. The van der Waals surface area contributed by atoms with Crippen LogP contribution < -0.4 is 0 Å². The van der Waals surface area contributed by atoms with Gasteiger partial charge in [0.15, 0.2) is 8.32 Å². The fourth-order valence-corrected chi connectivity index (χ4v) is 11.7. The Kier molecular flexibility index (Phi) is 9.60. The van der Waals surface area contributed by atoms with Gasteiger partial charge in [0.1, 0.15) is 11.7 Å². The zero-order chi connectivity index (χ0) is 34.5. The number of esters is 2. The van der Waals surface area contributed by atoms with Crippen molar-refractivity contribution in [3.8, 4) is 0 Å². The molecule has 6 heteroatoms. The molecular weight excluding hydrogens is 613 g/mol. The average molecular weight is 673 g/mol. The van der Waals surface area contributed by atoms with Gasteiger partial charge >= 0.3 is 11.9 Å². The molecule has 0 amide bonds. The van der Waals surface area contributed by atoms with Crippen LogP contribution in [-0.2, 0) is 13.9 Å². The minimum Gasteiger partial charge on any atom is -0.459 e. The van der Waals surface area contributed by atoms with E-state index in [0.29, 0.717) is 40.7 Å². The van der Waals surface area contributed by atoms with Crippen LogP contribution in [0.1, 0.15) is 120 Å². The highest BCUT2D eigenvalue weighted by atomic mass is 28.4. The summed E-state index contributed by atoms with van der Waals surface area (Å²) in [7, 11) is -1.98. The Balaban J connectivity index is 1.23. The van der Waals surface area contributed by atoms with Crippen molar-refractivity contribution in [2.45, 2.75) is 129 Å². The smallest absolute Gasteiger partial charge is 0.338 e. The van der Waals surface area contributed by atoms with E-state index in [1.165, 1.54) is 25.7 Å². The Labute approximate surface area is 291 Å². The predicted molar refractivity (Wildman–Crippen MR) is 194 cm³/mol. The maximum Gasteiger partial charge on any atom is 0.338 e. The highest BCUT2D eigenvalue weighted by Gasteiger charge is 2.64. The number of ether oxygens (including phenoxy) is 2. The molecule has 0 radical (unpaired) electrons. The Bertz CT molecular complexity index is 1450. The van der Waals surface area contributed by atoms with Crippen LogP contribution in [-0.4, -0.2) is 38.6 Å². The van der Waals surface area contributed by atoms with E-state index in [9.17, 15) is 9.59 Å². The third-order valence-corrected chi connectivity index (χ3v) is 18.9. The number of carbonyl (C=O) groups is 2. The van der Waals surface area contributed by atoms with E-state index >= 15 is 0 Å². The summed E-state index contributed by atoms with van der Waals surface area (Å²) < 4.78 is 19.8. The first-order valence-electron chi connectivity index (χ1n) is 18.8. The molecule has 5 nitrogen and oxygen atoms in total. The van der Waals surface area contributed by atoms with Crippen molar-refractivity contribution in [1.29, 1.82) is 0 Å². The molecule has 9 atom stereocenters. The van der Waals surface area contributed by atoms with E-state index in [1.54, 1.807) is 0 Å². The summed E-state index contributed by atoms with van der Waals surface area (Å²) in [5, 5.41) is 0.152. The van der Waals surface area contributed by atoms with Gasteiger partial charge in [0.25, 0.3) is 0 Å². The molecule has 0 saturated heterocycles. The predicted octanol–water partition coefficient (Wildman–Crippen LogP) is 10.5. The molecule has 4 saturated carbocycles. The van der Waals surface area contributed by atoms with Crippen LogP contribution in [0.5, 0.6) is 0 Å². The summed E-state index contributed by atoms with van der Waals surface area (Å²) in [5.41, 5.74) is 1.06. The first kappa shape index (κ1) is 35.4. The number of hydrogen-bond donors (Lipinski definition) is 0. The summed E-state index contributed by atoms with van der Waals surface area (Å²) in [5.74, 6) is 2.33. The number of benzene rings is 2. The van der Waals surface area contributed by atoms with E-state index in [1.807, 2.05) is 60.7 Å². The van der Waals surface area contributed by atoms with Crippen molar-refractivity contribution in [3.63, 3.8) is 0 Å². The summed E-state index contributed by atoms with van der Waals surface area (Å²) >= 11 is 0. The van der Waals surface area contributed by atoms with E-state index in [0.717, 1.165) is 38.7 Å². The van der Waals surface area contributed by atoms with Crippen LogP contribution in [0.25, 0.3) is 0 Å². The SMILES string of the molecule is CC(OC(=O)c1ccccc1)[C@H]1CC[C@H]2[C@@H]3CC[C@@H]4C[C@](C)(OC(=O)c5ccccc5)CC[C@]4(CO[Si](C)(C)C(C)(C)C)[C@H]3CC[C@]12C. The Morgan fingerprint density at radius 2 is 1.44 bits per heavy atom. The summed E-state index contributed by atoms with van der Waals surface area (Å²) in [6, 6.07) is 18.9. The van der Waals surface area contributed by atoms with Crippen LogP contribution >= 0.6 is 0 Å². The summed E-state index contributed by atoms with van der Waals surface area (Å²) in [6.07, 6.45) is 9.83. The average Bonchev–Trinajstić information content (AvgIpc) is 3.41. The molecule has 1 unspecified atom stereocenters. The summed E-state index contributed by atoms with van der Waals surface area (Å²) in [6.45, 7) is 19.5. The normalized spacial score (nSPS) is 35.5. The minimum atomic E-state index is -1.98. The van der Waals surface area contributed by atoms with E-state index < -0.39 is 13.9 Å². The highest BCUT2D eigenvalue weighted by Crippen LogP contribution is 2.69. The van der Waals surface area contributed by atoms with Gasteiger partial charge in [-0.2, -0.15) is 0 Å². The molecule has 4 fully saturated rings. The number of rotatable bonds is 8. The van der Waals surface area contributed by atoms with Crippen molar-refractivity contribution in [2.24, 2.45) is 40.4 Å². The molecule has 48 heavy (non-hydrogen) atoms. The van der Waals surface area contributed by atoms with Crippen LogP contribution in [0, 0.1) is 40.4 Å². The van der Waals surface area contributed by atoms with Crippen molar-refractivity contribution < 1.29 is 23.5 Å². The second-order valence-electron chi connectivity index (χ2n) is 18.0. The second-order valence-corrected chi connectivity index (χ2v) is 22.9. The van der Waals surface area contributed by atoms with Gasteiger partial charge in [-0.25, -0.2) is 9.59 Å². The van der Waals surface area contributed by atoms with Gasteiger partial charge in [-0.1, -0.05) is 64.1 Å². The molecule has 2 aromatic carbocycles. The van der Waals surface area contributed by atoms with Gasteiger partial charge < -0.3 is 13.9 Å². The molecule has 0 aromatic heterocycles. The van der Waals surface area contributed by atoms with Gasteiger partial charge in [-0.15, -0.1) is 0 Å². The van der Waals surface area contributed by atoms with Crippen LogP contribution in [0.4, 0.5) is 0 Å². The minimum absolute atomic E-state index is 0.0991. The van der Waals surface area contributed by atoms with Gasteiger partial charge in [0.2, 0.25) is 0 Å². The third-order valence-electron chi connectivity index (χ3n) is 14.4. The highest BCUT2D eigenvalue weighted by molar-refractivity contribution is 6.74. The molecule has 0 bridgehead atoms. The van der Waals surface area contributed by atoms with Crippen LogP contribution in [0.2, 0.25) is 18.1 Å². The molecule has 262 valence electrons. The summed E-state index contributed by atoms with van der Waals surface area (Å²) in [4.78, 5) is 26.3. The largest absolute Gasteiger partial charge is 0.459 e. The topological polar surface area (TPSA) is 61.8 Å². The maximum absolute atomic E-state index is 13.3. The molecule has 0 spiro atoms. The van der Waals surface area contributed by atoms with Crippen molar-refractivity contribution >= 4 is 20.3 Å². The number of hydrogen-bond acceptors (Lipinski definition) is 5. The van der Waals surface area contributed by atoms with E-state index in [4.69, 9.17) is 13.9 Å². The zero-order valence-corrected chi connectivity index (χ0v) is 31.8. The molecule has 0 aliphatic heterocycles. The first-order chi connectivity index (χ1) is 22.6. The van der Waals surface area contributed by atoms with Crippen molar-refractivity contribution in [3.05, 3.63) is 71.8 Å². The Morgan fingerprint density at radius 3 is 2.06 bits per heavy atom. The van der Waals surface area contributed by atoms with Gasteiger partial charge in [-0.05, 0) is 149 Å². The van der Waals surface area contributed by atoms with Gasteiger partial charge in [0, 0.05) is 12.5 Å². The van der Waals surface area contributed by atoms with Gasteiger partial charge in [0.05, 0.1) is 11.1 Å². The Hall–Kier alpha value is -2.44. The zero-order valence-electron chi connectivity index (χ0n) is 30.8. The first-order valence-corrected chi connectivity index (χ1v) is 21.7. The molecule has 6 rings (SSSR count). The van der Waals surface area contributed by atoms with Crippen molar-refractivity contribution in [2.75, 3.05) is 6.61 Å². The van der Waals surface area contributed by atoms with Crippen molar-refractivity contribution in [1.82, 2.24) is 0 Å². The standard InChI is InChI=1S/C42H60O5Si/c1-29(46-37(43)30-15-11-9-12-16-30)34-21-22-35-33-20-19-32-27-40(5,47-38(44)31-17-13-10-14-18-31)25-26-42(32,36(33)23-24-41(34,35)6)28-45-48(7,8)39(2,3)4/h9-18,29,32-36H,19-28H2,1-8H3/t29?,32-,33+,34-,35+,36+,40-,41-,42-/m1/s1. The second kappa shape index (κ2) is 13.0. The maximum atomic E-state index is 13.3. The fourth-order valence-electron chi connectivity index (χ4n) is 10.7. The lowest BCUT2D eigenvalue weighted by molar-refractivity contribution is -0.171. The van der Waals surface area contributed by atoms with E-state index in [2.05, 4.69) is 54.6 Å². The molecule has 4 aliphatic rings. The lowest BCUT2D eigenvalue weighted by Crippen LogP contribution is -2.60. The fraction of sp³-hybridized carbons (Fsp3) is 0.667. The number of fused-ring (bicyclic) bond motifs is 5. The van der Waals surface area contributed by atoms with Gasteiger partial charge in [-0.3, -0.25) is 0 Å². The molecule has 0 N–H and O–H groups in total. The molecule has 2 aromatic rings. The third kappa shape index (κ3) is 6.45. The number of carbonyl (C=O) groups excluding carboxylic acids is 2. The Morgan fingerprint density at radius 1 is 0.812 bits per heavy atom. The molecule has 0 heterocycles. The lowest BCUT2D eigenvalue weighted by Gasteiger charge is -2.63. The monoisotopic (exact) mass is 672 g/mol. The van der Waals surface area contributed by atoms with Crippen LogP contribution in [0.3, 0.4) is 0 Å². The van der Waals surface area contributed by atoms with Crippen LogP contribution in [0.15, 0.2) is 60.7 Å². The lowest BCUT2D eigenvalue weighted by atomic mass is 9.43. The molecular formula is C42H60O5Si. The quantitative estimate of drug-likeness (QED) is 0.206. The van der Waals surface area contributed by atoms with E-state index in [-0.39, 0.29) is 33.9 Å².